The molecular weight excluding hydrogens is 194 g/mol. The Hall–Kier alpha value is -0.0400. The lowest BCUT2D eigenvalue weighted by Gasteiger charge is -2.30. The molecule has 0 aliphatic carbocycles. The van der Waals surface area contributed by atoms with Crippen LogP contribution in [0.3, 0.4) is 0 Å². The lowest BCUT2D eigenvalue weighted by atomic mass is 9.87. The average Bonchev–Trinajstić information content (AvgIpc) is 2.06. The Morgan fingerprint density at radius 2 is 1.50 bits per heavy atom. The van der Waals surface area contributed by atoms with Crippen molar-refractivity contribution in [3.05, 3.63) is 0 Å². The Balaban J connectivity index is 4.10. The minimum absolute atomic E-state index is 0.246. The fourth-order valence-electron chi connectivity index (χ4n) is 1.96. The van der Waals surface area contributed by atoms with Crippen molar-refractivity contribution in [1.29, 1.82) is 0 Å². The fourth-order valence-corrected chi connectivity index (χ4v) is 1.96. The van der Waals surface area contributed by atoms with E-state index in [1.165, 1.54) is 32.1 Å². The van der Waals surface area contributed by atoms with Gasteiger partial charge in [0.05, 0.1) is 0 Å². The molecule has 1 N–H and O–H groups in total. The SMILES string of the molecule is CCCCC(CCC(C)(C)C)NC(C)(C)C. The first kappa shape index (κ1) is 16.0. The average molecular weight is 227 g/mol. The third-order valence-electron chi connectivity index (χ3n) is 2.79. The van der Waals surface area contributed by atoms with Gasteiger partial charge in [0.15, 0.2) is 0 Å². The van der Waals surface area contributed by atoms with Crippen molar-refractivity contribution < 1.29 is 0 Å². The lowest BCUT2D eigenvalue weighted by Crippen LogP contribution is -2.44. The van der Waals surface area contributed by atoms with E-state index in [1.54, 1.807) is 0 Å². The predicted octanol–water partition coefficient (Wildman–Crippen LogP) is 4.76. The summed E-state index contributed by atoms with van der Waals surface area (Å²) in [6, 6.07) is 0.694. The molecule has 0 rings (SSSR count). The molecule has 0 aliphatic rings. The number of unbranched alkanes of at least 4 members (excludes halogenated alkanes) is 1. The third kappa shape index (κ3) is 10.5. The summed E-state index contributed by atoms with van der Waals surface area (Å²) in [6.07, 6.45) is 6.59. The van der Waals surface area contributed by atoms with Crippen LogP contribution in [0.1, 0.15) is 80.6 Å². The summed E-state index contributed by atoms with van der Waals surface area (Å²) in [5.41, 5.74) is 0.709. The van der Waals surface area contributed by atoms with Crippen LogP contribution < -0.4 is 5.32 Å². The van der Waals surface area contributed by atoms with Crippen LogP contribution in [-0.4, -0.2) is 11.6 Å². The quantitative estimate of drug-likeness (QED) is 0.690. The van der Waals surface area contributed by atoms with E-state index < -0.39 is 0 Å². The van der Waals surface area contributed by atoms with Gasteiger partial charge in [-0.3, -0.25) is 0 Å². The van der Waals surface area contributed by atoms with E-state index in [9.17, 15) is 0 Å². The number of hydrogen-bond donors (Lipinski definition) is 1. The van der Waals surface area contributed by atoms with Gasteiger partial charge in [0.25, 0.3) is 0 Å². The maximum atomic E-state index is 3.76. The van der Waals surface area contributed by atoms with E-state index in [2.05, 4.69) is 53.8 Å². The van der Waals surface area contributed by atoms with Gasteiger partial charge in [-0.25, -0.2) is 0 Å². The van der Waals surface area contributed by atoms with Gasteiger partial charge in [0.2, 0.25) is 0 Å². The van der Waals surface area contributed by atoms with Crippen LogP contribution in [0.25, 0.3) is 0 Å². The minimum Gasteiger partial charge on any atom is -0.309 e. The van der Waals surface area contributed by atoms with E-state index in [0.717, 1.165) is 0 Å². The molecule has 0 saturated heterocycles. The van der Waals surface area contributed by atoms with Gasteiger partial charge < -0.3 is 5.32 Å². The highest BCUT2D eigenvalue weighted by Gasteiger charge is 2.19. The van der Waals surface area contributed by atoms with Crippen LogP contribution in [0.2, 0.25) is 0 Å². The van der Waals surface area contributed by atoms with Gasteiger partial charge in [-0.15, -0.1) is 0 Å². The summed E-state index contributed by atoms with van der Waals surface area (Å²) >= 11 is 0. The molecule has 0 aliphatic heterocycles. The zero-order valence-corrected chi connectivity index (χ0v) is 12.6. The monoisotopic (exact) mass is 227 g/mol. The van der Waals surface area contributed by atoms with E-state index in [0.29, 0.717) is 11.5 Å². The minimum atomic E-state index is 0.246. The summed E-state index contributed by atoms with van der Waals surface area (Å²) in [5, 5.41) is 3.76. The molecule has 0 aromatic heterocycles. The topological polar surface area (TPSA) is 12.0 Å². The van der Waals surface area contributed by atoms with Gasteiger partial charge in [0.1, 0.15) is 0 Å². The fraction of sp³-hybridized carbons (Fsp3) is 1.00. The molecule has 0 fully saturated rings. The molecule has 0 spiro atoms. The molecule has 0 saturated carbocycles. The highest BCUT2D eigenvalue weighted by molar-refractivity contribution is 4.79. The molecule has 0 heterocycles. The van der Waals surface area contributed by atoms with Gasteiger partial charge in [-0.2, -0.15) is 0 Å². The van der Waals surface area contributed by atoms with Crippen molar-refractivity contribution in [2.45, 2.75) is 92.2 Å². The Labute approximate surface area is 103 Å². The van der Waals surface area contributed by atoms with E-state index in [-0.39, 0.29) is 5.54 Å². The second-order valence-electron chi connectivity index (χ2n) is 7.33. The van der Waals surface area contributed by atoms with Crippen LogP contribution in [0, 0.1) is 5.41 Å². The summed E-state index contributed by atoms with van der Waals surface area (Å²) in [7, 11) is 0. The van der Waals surface area contributed by atoms with Gasteiger partial charge in [-0.1, -0.05) is 40.5 Å². The normalized spacial score (nSPS) is 15.2. The standard InChI is InChI=1S/C15H33N/c1-8-9-10-13(16-15(5,6)7)11-12-14(2,3)4/h13,16H,8-12H2,1-7H3. The van der Waals surface area contributed by atoms with Crippen LogP contribution in [0.4, 0.5) is 0 Å². The first-order valence-electron chi connectivity index (χ1n) is 6.92. The Morgan fingerprint density at radius 3 is 1.88 bits per heavy atom. The highest BCUT2D eigenvalue weighted by atomic mass is 15.0. The maximum absolute atomic E-state index is 3.76. The van der Waals surface area contributed by atoms with Gasteiger partial charge in [-0.05, 0) is 45.4 Å². The lowest BCUT2D eigenvalue weighted by molar-refractivity contribution is 0.279. The van der Waals surface area contributed by atoms with Crippen molar-refractivity contribution in [2.75, 3.05) is 0 Å². The molecule has 0 bridgehead atoms. The highest BCUT2D eigenvalue weighted by Crippen LogP contribution is 2.23. The maximum Gasteiger partial charge on any atom is 0.00990 e. The van der Waals surface area contributed by atoms with Crippen molar-refractivity contribution >= 4 is 0 Å². The van der Waals surface area contributed by atoms with Crippen molar-refractivity contribution in [3.8, 4) is 0 Å². The zero-order chi connectivity index (χ0) is 12.8. The molecule has 1 unspecified atom stereocenters. The molecule has 1 heteroatoms. The molecule has 16 heavy (non-hydrogen) atoms. The Bertz CT molecular complexity index is 171. The van der Waals surface area contributed by atoms with E-state index in [4.69, 9.17) is 0 Å². The summed E-state index contributed by atoms with van der Waals surface area (Å²) < 4.78 is 0. The molecule has 0 radical (unpaired) electrons. The summed E-state index contributed by atoms with van der Waals surface area (Å²) in [5.74, 6) is 0. The number of hydrogen-bond acceptors (Lipinski definition) is 1. The molecule has 98 valence electrons. The van der Waals surface area contributed by atoms with Crippen molar-refractivity contribution in [3.63, 3.8) is 0 Å². The van der Waals surface area contributed by atoms with E-state index in [1.807, 2.05) is 0 Å². The third-order valence-corrected chi connectivity index (χ3v) is 2.79. The molecule has 1 atom stereocenters. The van der Waals surface area contributed by atoms with Crippen LogP contribution in [-0.2, 0) is 0 Å². The summed E-state index contributed by atoms with van der Waals surface area (Å²) in [4.78, 5) is 0. The summed E-state index contributed by atoms with van der Waals surface area (Å²) in [6.45, 7) is 16.1. The van der Waals surface area contributed by atoms with Crippen molar-refractivity contribution in [1.82, 2.24) is 5.32 Å². The van der Waals surface area contributed by atoms with Crippen LogP contribution in [0.15, 0.2) is 0 Å². The Kier molecular flexibility index (Phi) is 6.62. The van der Waals surface area contributed by atoms with Crippen LogP contribution >= 0.6 is 0 Å². The predicted molar refractivity (Wildman–Crippen MR) is 74.9 cm³/mol. The molecule has 0 aromatic rings. The van der Waals surface area contributed by atoms with Crippen LogP contribution in [0.5, 0.6) is 0 Å². The molecule has 0 aromatic carbocycles. The number of rotatable bonds is 6. The number of nitrogens with one attached hydrogen (secondary N) is 1. The first-order chi connectivity index (χ1) is 7.14. The largest absolute Gasteiger partial charge is 0.309 e. The van der Waals surface area contributed by atoms with E-state index >= 15 is 0 Å². The zero-order valence-electron chi connectivity index (χ0n) is 12.6. The van der Waals surface area contributed by atoms with Crippen molar-refractivity contribution in [2.24, 2.45) is 5.41 Å². The Morgan fingerprint density at radius 1 is 0.938 bits per heavy atom. The van der Waals surface area contributed by atoms with Gasteiger partial charge in [0, 0.05) is 11.6 Å². The first-order valence-corrected chi connectivity index (χ1v) is 6.92. The molecule has 0 amide bonds. The smallest absolute Gasteiger partial charge is 0.00990 e. The van der Waals surface area contributed by atoms with Gasteiger partial charge >= 0.3 is 0 Å². The molecule has 1 nitrogen and oxygen atoms in total. The second-order valence-corrected chi connectivity index (χ2v) is 7.33. The second kappa shape index (κ2) is 6.64. The molecular formula is C15H33N.